The number of nitrogens with one attached hydrogen (secondary N) is 2. The van der Waals surface area contributed by atoms with Crippen molar-refractivity contribution in [3.05, 3.63) is 82.2 Å². The van der Waals surface area contributed by atoms with Gasteiger partial charge in [0.05, 0.1) is 22.8 Å². The lowest BCUT2D eigenvalue weighted by molar-refractivity contribution is 0.923. The standard InChI is InChI=1S/C21H16N4OS/c1-12-18-20(26)24-17(11-16-22-14-9-5-6-10-15(14)23-16)25-21(18)27-19(12)13-7-3-2-4-8-13/h2-10H,11H2,1H3,(H,22,23)(H,24,25,26). The van der Waals surface area contributed by atoms with E-state index in [1.165, 1.54) is 0 Å². The van der Waals surface area contributed by atoms with Crippen LogP contribution in [0.3, 0.4) is 0 Å². The maximum absolute atomic E-state index is 12.7. The molecule has 5 aromatic rings. The highest BCUT2D eigenvalue weighted by atomic mass is 32.1. The van der Waals surface area contributed by atoms with E-state index in [0.29, 0.717) is 17.6 Å². The summed E-state index contributed by atoms with van der Waals surface area (Å²) in [6, 6.07) is 18.0. The number of benzene rings is 2. The van der Waals surface area contributed by atoms with Gasteiger partial charge in [-0.3, -0.25) is 4.79 Å². The van der Waals surface area contributed by atoms with E-state index in [0.717, 1.165) is 37.7 Å². The molecule has 0 fully saturated rings. The summed E-state index contributed by atoms with van der Waals surface area (Å²) >= 11 is 1.56. The lowest BCUT2D eigenvalue weighted by atomic mass is 10.1. The Labute approximate surface area is 158 Å². The molecule has 0 atom stereocenters. The first kappa shape index (κ1) is 16.0. The second-order valence-corrected chi connectivity index (χ2v) is 7.49. The molecule has 2 aromatic carbocycles. The highest BCUT2D eigenvalue weighted by molar-refractivity contribution is 7.22. The van der Waals surface area contributed by atoms with E-state index in [9.17, 15) is 4.79 Å². The maximum Gasteiger partial charge on any atom is 0.259 e. The minimum Gasteiger partial charge on any atom is -0.342 e. The van der Waals surface area contributed by atoms with Crippen LogP contribution in [-0.4, -0.2) is 19.9 Å². The summed E-state index contributed by atoms with van der Waals surface area (Å²) in [4.78, 5) is 30.1. The zero-order valence-corrected chi connectivity index (χ0v) is 15.4. The van der Waals surface area contributed by atoms with Gasteiger partial charge in [0.15, 0.2) is 0 Å². The minimum absolute atomic E-state index is 0.0953. The Morgan fingerprint density at radius 2 is 1.67 bits per heavy atom. The van der Waals surface area contributed by atoms with E-state index in [1.807, 2.05) is 49.4 Å². The van der Waals surface area contributed by atoms with E-state index in [2.05, 4.69) is 27.1 Å². The summed E-state index contributed by atoms with van der Waals surface area (Å²) in [5, 5.41) is 0.673. The number of rotatable bonds is 3. The van der Waals surface area contributed by atoms with Crippen molar-refractivity contribution in [2.24, 2.45) is 0 Å². The molecule has 0 saturated heterocycles. The SMILES string of the molecule is Cc1c(-c2ccccc2)sc2nc(Cc3nc4ccccc4[nH]3)[nH]c(=O)c12. The molecule has 5 nitrogen and oxygen atoms in total. The molecule has 0 aliphatic carbocycles. The number of H-pyrrole nitrogens is 2. The molecule has 132 valence electrons. The molecule has 6 heteroatoms. The smallest absolute Gasteiger partial charge is 0.259 e. The van der Waals surface area contributed by atoms with Crippen molar-refractivity contribution in [1.82, 2.24) is 19.9 Å². The predicted octanol–water partition coefficient (Wildman–Crippen LogP) is 4.43. The number of para-hydroxylation sites is 2. The number of thiophene rings is 1. The number of fused-ring (bicyclic) bond motifs is 2. The third-order valence-electron chi connectivity index (χ3n) is 4.66. The first-order valence-electron chi connectivity index (χ1n) is 8.70. The lowest BCUT2D eigenvalue weighted by Gasteiger charge is -1.99. The van der Waals surface area contributed by atoms with Gasteiger partial charge >= 0.3 is 0 Å². The average molecular weight is 372 g/mol. The van der Waals surface area contributed by atoms with E-state index < -0.39 is 0 Å². The fourth-order valence-corrected chi connectivity index (χ4v) is 4.59. The molecule has 0 bridgehead atoms. The van der Waals surface area contributed by atoms with Crippen LogP contribution in [0.25, 0.3) is 31.7 Å². The molecule has 3 heterocycles. The van der Waals surface area contributed by atoms with Crippen LogP contribution in [0.5, 0.6) is 0 Å². The van der Waals surface area contributed by atoms with Crippen LogP contribution >= 0.6 is 11.3 Å². The average Bonchev–Trinajstić information content (AvgIpc) is 3.23. The van der Waals surface area contributed by atoms with Crippen molar-refractivity contribution >= 4 is 32.6 Å². The van der Waals surface area contributed by atoms with Crippen molar-refractivity contribution in [1.29, 1.82) is 0 Å². The summed E-state index contributed by atoms with van der Waals surface area (Å²) < 4.78 is 0. The molecule has 0 unspecified atom stereocenters. The first-order chi connectivity index (χ1) is 13.2. The zero-order valence-electron chi connectivity index (χ0n) is 14.6. The number of aromatic nitrogens is 4. The highest BCUT2D eigenvalue weighted by Crippen LogP contribution is 2.35. The highest BCUT2D eigenvalue weighted by Gasteiger charge is 2.16. The van der Waals surface area contributed by atoms with Crippen LogP contribution in [0.2, 0.25) is 0 Å². The Balaban J connectivity index is 1.59. The maximum atomic E-state index is 12.7. The molecule has 5 rings (SSSR count). The van der Waals surface area contributed by atoms with Gasteiger partial charge in [-0.25, -0.2) is 9.97 Å². The van der Waals surface area contributed by atoms with Gasteiger partial charge in [-0.1, -0.05) is 42.5 Å². The molecule has 0 spiro atoms. The Morgan fingerprint density at radius 1 is 0.926 bits per heavy atom. The fraction of sp³-hybridized carbons (Fsp3) is 0.0952. The summed E-state index contributed by atoms with van der Waals surface area (Å²) in [7, 11) is 0. The van der Waals surface area contributed by atoms with Crippen LogP contribution in [0.4, 0.5) is 0 Å². The Bertz CT molecular complexity index is 1300. The number of nitrogens with zero attached hydrogens (tertiary/aromatic N) is 2. The van der Waals surface area contributed by atoms with Gasteiger partial charge in [-0.15, -0.1) is 11.3 Å². The van der Waals surface area contributed by atoms with Gasteiger partial charge in [0.25, 0.3) is 5.56 Å². The molecule has 27 heavy (non-hydrogen) atoms. The van der Waals surface area contributed by atoms with Crippen molar-refractivity contribution in [2.45, 2.75) is 13.3 Å². The largest absolute Gasteiger partial charge is 0.342 e. The molecule has 3 aromatic heterocycles. The predicted molar refractivity (Wildman–Crippen MR) is 109 cm³/mol. The van der Waals surface area contributed by atoms with Crippen molar-refractivity contribution in [3.8, 4) is 10.4 Å². The van der Waals surface area contributed by atoms with Crippen LogP contribution in [-0.2, 0) is 6.42 Å². The third-order valence-corrected chi connectivity index (χ3v) is 5.89. The van der Waals surface area contributed by atoms with Crippen LogP contribution in [0, 0.1) is 6.92 Å². The number of hydrogen-bond acceptors (Lipinski definition) is 4. The summed E-state index contributed by atoms with van der Waals surface area (Å²) in [6.07, 6.45) is 0.456. The van der Waals surface area contributed by atoms with Crippen molar-refractivity contribution < 1.29 is 0 Å². The summed E-state index contributed by atoms with van der Waals surface area (Å²) in [6.45, 7) is 1.98. The first-order valence-corrected chi connectivity index (χ1v) is 9.52. The van der Waals surface area contributed by atoms with Crippen LogP contribution in [0.15, 0.2) is 59.4 Å². The quantitative estimate of drug-likeness (QED) is 0.492. The second-order valence-electron chi connectivity index (χ2n) is 6.49. The van der Waals surface area contributed by atoms with Gasteiger partial charge in [0.1, 0.15) is 16.5 Å². The van der Waals surface area contributed by atoms with Gasteiger partial charge in [0.2, 0.25) is 0 Å². The molecular weight excluding hydrogens is 356 g/mol. The lowest BCUT2D eigenvalue weighted by Crippen LogP contribution is -2.12. The Morgan fingerprint density at radius 3 is 2.48 bits per heavy atom. The van der Waals surface area contributed by atoms with Crippen LogP contribution in [0.1, 0.15) is 17.2 Å². The van der Waals surface area contributed by atoms with Gasteiger partial charge in [-0.2, -0.15) is 0 Å². The fourth-order valence-electron chi connectivity index (χ4n) is 3.39. The molecule has 0 aliphatic rings. The van der Waals surface area contributed by atoms with Gasteiger partial charge in [-0.05, 0) is 30.2 Å². The minimum atomic E-state index is -0.0953. The summed E-state index contributed by atoms with van der Waals surface area (Å²) in [5.41, 5.74) is 3.88. The van der Waals surface area contributed by atoms with Crippen molar-refractivity contribution in [2.75, 3.05) is 0 Å². The Kier molecular flexibility index (Phi) is 3.65. The van der Waals surface area contributed by atoms with Gasteiger partial charge in [0, 0.05) is 4.88 Å². The normalized spacial score (nSPS) is 11.4. The molecule has 0 amide bonds. The number of imidazole rings is 1. The van der Waals surface area contributed by atoms with E-state index >= 15 is 0 Å². The third kappa shape index (κ3) is 2.74. The number of hydrogen-bond donors (Lipinski definition) is 2. The van der Waals surface area contributed by atoms with E-state index in [-0.39, 0.29) is 5.56 Å². The molecule has 0 radical (unpaired) electrons. The van der Waals surface area contributed by atoms with Crippen LogP contribution < -0.4 is 5.56 Å². The van der Waals surface area contributed by atoms with Gasteiger partial charge < -0.3 is 9.97 Å². The van der Waals surface area contributed by atoms with E-state index in [4.69, 9.17) is 4.98 Å². The number of aromatic amines is 2. The van der Waals surface area contributed by atoms with E-state index in [1.54, 1.807) is 11.3 Å². The second kappa shape index (κ2) is 6.17. The molecular formula is C21H16N4OS. The summed E-state index contributed by atoms with van der Waals surface area (Å²) in [5.74, 6) is 1.41. The molecule has 2 N–H and O–H groups in total. The topological polar surface area (TPSA) is 74.4 Å². The molecule has 0 saturated carbocycles. The monoisotopic (exact) mass is 372 g/mol. The van der Waals surface area contributed by atoms with Crippen molar-refractivity contribution in [3.63, 3.8) is 0 Å². The Hall–Kier alpha value is -3.25. The number of aryl methyl sites for hydroxylation is 1. The zero-order chi connectivity index (χ0) is 18.4. The molecule has 0 aliphatic heterocycles.